The number of sulfonamides is 1. The molecule has 1 aliphatic heterocycles. The summed E-state index contributed by atoms with van der Waals surface area (Å²) in [6.45, 7) is 13.8. The zero-order chi connectivity index (χ0) is 16.7. The highest BCUT2D eigenvalue weighted by Crippen LogP contribution is 2.21. The Hall–Kier alpha value is -0.990. The molecule has 0 N–H and O–H groups in total. The lowest BCUT2D eigenvalue weighted by Gasteiger charge is -2.34. The van der Waals surface area contributed by atoms with Gasteiger partial charge < -0.3 is 0 Å². The molecule has 0 aliphatic carbocycles. The lowest BCUT2D eigenvalue weighted by atomic mass is 10.3. The highest BCUT2D eigenvalue weighted by Gasteiger charge is 2.28. The molecular weight excluding hydrogens is 330 g/mol. The molecule has 0 unspecified atom stereocenters. The Balaban J connectivity index is 1.82. The molecule has 0 spiro atoms. The van der Waals surface area contributed by atoms with Gasteiger partial charge in [0.05, 0.1) is 0 Å². The maximum absolute atomic E-state index is 12.5. The number of hydrogen-bond donors (Lipinski definition) is 0. The van der Waals surface area contributed by atoms with Crippen molar-refractivity contribution in [3.63, 3.8) is 0 Å². The van der Waals surface area contributed by atoms with E-state index in [4.69, 9.17) is 0 Å². The minimum Gasteiger partial charge on any atom is -0.299 e. The summed E-state index contributed by atoms with van der Waals surface area (Å²) in [6.07, 6.45) is 3.80. The normalized spacial score (nSPS) is 17.4. The van der Waals surface area contributed by atoms with Gasteiger partial charge in [0.1, 0.15) is 4.21 Å². The Morgan fingerprint density at radius 3 is 2.35 bits per heavy atom. The molecule has 23 heavy (non-hydrogen) atoms. The maximum atomic E-state index is 12.5. The molecule has 1 aliphatic rings. The fourth-order valence-corrected chi connectivity index (χ4v) is 5.20. The van der Waals surface area contributed by atoms with E-state index in [1.165, 1.54) is 11.3 Å². The zero-order valence-electron chi connectivity index (χ0n) is 13.4. The summed E-state index contributed by atoms with van der Waals surface area (Å²) in [7, 11) is -3.30. The average molecular weight is 356 g/mol. The van der Waals surface area contributed by atoms with Gasteiger partial charge in [0.25, 0.3) is 10.0 Å². The summed E-state index contributed by atoms with van der Waals surface area (Å²) >= 11 is 1.28. The lowest BCUT2D eigenvalue weighted by molar-refractivity contribution is 0.168. The molecule has 5 nitrogen and oxygen atoms in total. The largest absolute Gasteiger partial charge is 0.299 e. The topological polar surface area (TPSA) is 43.9 Å². The third-order valence-corrected chi connectivity index (χ3v) is 7.20. The van der Waals surface area contributed by atoms with E-state index in [0.29, 0.717) is 17.3 Å². The first-order valence-electron chi connectivity index (χ1n) is 7.78. The molecule has 1 saturated heterocycles. The molecule has 2 rings (SSSR count). The fourth-order valence-electron chi connectivity index (χ4n) is 2.64. The first kappa shape index (κ1) is 18.4. The highest BCUT2D eigenvalue weighted by atomic mass is 32.2. The molecule has 1 fully saturated rings. The van der Waals surface area contributed by atoms with Gasteiger partial charge in [-0.05, 0) is 11.4 Å². The number of thiophene rings is 1. The van der Waals surface area contributed by atoms with Crippen molar-refractivity contribution in [2.24, 2.45) is 0 Å². The minimum absolute atomic E-state index is 0.439. The molecule has 128 valence electrons. The molecule has 2 heterocycles. The van der Waals surface area contributed by atoms with Crippen LogP contribution in [-0.4, -0.2) is 74.9 Å². The lowest BCUT2D eigenvalue weighted by Crippen LogP contribution is -2.50. The van der Waals surface area contributed by atoms with Crippen molar-refractivity contribution in [3.8, 4) is 0 Å². The fraction of sp³-hybridized carbons (Fsp3) is 0.500. The van der Waals surface area contributed by atoms with Crippen LogP contribution < -0.4 is 0 Å². The summed E-state index contributed by atoms with van der Waals surface area (Å²) in [6, 6.07) is 3.45. The Kier molecular flexibility index (Phi) is 6.98. The van der Waals surface area contributed by atoms with Gasteiger partial charge in [-0.1, -0.05) is 18.2 Å². The molecule has 1 aromatic rings. The van der Waals surface area contributed by atoms with Crippen molar-refractivity contribution in [3.05, 3.63) is 42.8 Å². The monoisotopic (exact) mass is 355 g/mol. The van der Waals surface area contributed by atoms with E-state index in [0.717, 1.165) is 39.3 Å². The second-order valence-electron chi connectivity index (χ2n) is 5.51. The molecule has 1 aromatic heterocycles. The second kappa shape index (κ2) is 8.75. The molecule has 7 heteroatoms. The van der Waals surface area contributed by atoms with E-state index in [-0.39, 0.29) is 0 Å². The van der Waals surface area contributed by atoms with Crippen LogP contribution in [0.1, 0.15) is 0 Å². The minimum atomic E-state index is -3.30. The van der Waals surface area contributed by atoms with Gasteiger partial charge in [0.2, 0.25) is 0 Å². The van der Waals surface area contributed by atoms with Crippen molar-refractivity contribution >= 4 is 21.4 Å². The number of hydrogen-bond acceptors (Lipinski definition) is 5. The third-order valence-electron chi connectivity index (χ3n) is 3.93. The summed E-state index contributed by atoms with van der Waals surface area (Å²) in [5, 5.41) is 1.80. The van der Waals surface area contributed by atoms with E-state index in [2.05, 4.69) is 23.0 Å². The van der Waals surface area contributed by atoms with E-state index in [1.54, 1.807) is 21.8 Å². The molecule has 0 aromatic carbocycles. The SMILES string of the molecule is C=CCN(CC=C)CCN1CCN(S(=O)(=O)c2cccs2)CC1. The van der Waals surface area contributed by atoms with Crippen LogP contribution >= 0.6 is 11.3 Å². The average Bonchev–Trinajstić information content (AvgIpc) is 3.09. The predicted octanol–water partition coefficient (Wildman–Crippen LogP) is 1.73. The Morgan fingerprint density at radius 2 is 1.83 bits per heavy atom. The third kappa shape index (κ3) is 4.99. The van der Waals surface area contributed by atoms with Crippen LogP contribution in [0.2, 0.25) is 0 Å². The summed E-state index contributed by atoms with van der Waals surface area (Å²) in [4.78, 5) is 4.59. The molecule has 0 atom stereocenters. The smallest absolute Gasteiger partial charge is 0.252 e. The maximum Gasteiger partial charge on any atom is 0.252 e. The Bertz CT molecular complexity index is 581. The van der Waals surface area contributed by atoms with E-state index in [9.17, 15) is 8.42 Å². The summed E-state index contributed by atoms with van der Waals surface area (Å²) < 4.78 is 27.0. The molecule has 0 amide bonds. The first-order chi connectivity index (χ1) is 11.1. The van der Waals surface area contributed by atoms with Gasteiger partial charge in [-0.25, -0.2) is 8.42 Å². The summed E-state index contributed by atoms with van der Waals surface area (Å²) in [5.74, 6) is 0. The van der Waals surface area contributed by atoms with Crippen LogP contribution in [0.5, 0.6) is 0 Å². The first-order valence-corrected chi connectivity index (χ1v) is 10.1. The second-order valence-corrected chi connectivity index (χ2v) is 8.63. The van der Waals surface area contributed by atoms with Gasteiger partial charge in [-0.15, -0.1) is 24.5 Å². The van der Waals surface area contributed by atoms with Crippen LogP contribution in [0, 0.1) is 0 Å². The van der Waals surface area contributed by atoms with Crippen molar-refractivity contribution in [2.75, 3.05) is 52.4 Å². The number of nitrogens with zero attached hydrogens (tertiary/aromatic N) is 3. The van der Waals surface area contributed by atoms with Gasteiger partial charge in [-0.3, -0.25) is 9.80 Å². The molecular formula is C16H25N3O2S2. The van der Waals surface area contributed by atoms with Crippen LogP contribution in [0.3, 0.4) is 0 Å². The van der Waals surface area contributed by atoms with Crippen molar-refractivity contribution in [2.45, 2.75) is 4.21 Å². The Labute approximate surface area is 143 Å². The predicted molar refractivity (Wildman–Crippen MR) is 96.4 cm³/mol. The van der Waals surface area contributed by atoms with Gasteiger partial charge in [-0.2, -0.15) is 4.31 Å². The standard InChI is InChI=1S/C16H25N3O2S2/c1-3-7-17(8-4-2)9-10-18-11-13-19(14-12-18)23(20,21)16-6-5-15-22-16/h3-6,15H,1-2,7-14H2. The van der Waals surface area contributed by atoms with Crippen LogP contribution in [0.4, 0.5) is 0 Å². The zero-order valence-corrected chi connectivity index (χ0v) is 15.1. The number of rotatable bonds is 9. The quantitative estimate of drug-likeness (QED) is 0.633. The summed E-state index contributed by atoms with van der Waals surface area (Å²) in [5.41, 5.74) is 0. The van der Waals surface area contributed by atoms with Crippen molar-refractivity contribution < 1.29 is 8.42 Å². The van der Waals surface area contributed by atoms with E-state index in [1.807, 2.05) is 12.2 Å². The van der Waals surface area contributed by atoms with E-state index >= 15 is 0 Å². The molecule has 0 bridgehead atoms. The van der Waals surface area contributed by atoms with Gasteiger partial charge in [0.15, 0.2) is 0 Å². The molecule has 0 saturated carbocycles. The van der Waals surface area contributed by atoms with Crippen LogP contribution in [-0.2, 0) is 10.0 Å². The van der Waals surface area contributed by atoms with Crippen molar-refractivity contribution in [1.29, 1.82) is 0 Å². The van der Waals surface area contributed by atoms with Crippen molar-refractivity contribution in [1.82, 2.24) is 14.1 Å². The number of piperazine rings is 1. The Morgan fingerprint density at radius 1 is 1.17 bits per heavy atom. The highest BCUT2D eigenvalue weighted by molar-refractivity contribution is 7.91. The van der Waals surface area contributed by atoms with Gasteiger partial charge >= 0.3 is 0 Å². The van der Waals surface area contributed by atoms with Crippen LogP contribution in [0.15, 0.2) is 47.0 Å². The van der Waals surface area contributed by atoms with Gasteiger partial charge in [0, 0.05) is 52.4 Å². The van der Waals surface area contributed by atoms with Crippen LogP contribution in [0.25, 0.3) is 0 Å². The molecule has 0 radical (unpaired) electrons. The van der Waals surface area contributed by atoms with E-state index < -0.39 is 10.0 Å².